The quantitative estimate of drug-likeness (QED) is 0.824. The van der Waals surface area contributed by atoms with Crippen LogP contribution in [0.4, 0.5) is 4.39 Å². The minimum Gasteiger partial charge on any atom is -0.267 e. The molecule has 0 atom stereocenters. The maximum Gasteiger partial charge on any atom is 0.271 e. The Morgan fingerprint density at radius 1 is 1.10 bits per heavy atom. The van der Waals surface area contributed by atoms with E-state index in [-0.39, 0.29) is 5.56 Å². The lowest BCUT2D eigenvalue weighted by Gasteiger charge is -2.07. The number of hydrogen-bond donors (Lipinski definition) is 2. The molecule has 0 radical (unpaired) electrons. The van der Waals surface area contributed by atoms with Gasteiger partial charge >= 0.3 is 0 Å². The van der Waals surface area contributed by atoms with E-state index < -0.39 is 17.6 Å². The molecule has 7 heteroatoms. The van der Waals surface area contributed by atoms with Crippen LogP contribution in [0, 0.1) is 5.82 Å². The van der Waals surface area contributed by atoms with E-state index in [4.69, 9.17) is 0 Å². The number of amides is 2. The maximum absolute atomic E-state index is 13.1. The third-order valence-corrected chi connectivity index (χ3v) is 2.80. The zero-order valence-electron chi connectivity index (χ0n) is 10.1. The third-order valence-electron chi connectivity index (χ3n) is 2.34. The molecule has 0 aliphatic rings. The highest BCUT2D eigenvalue weighted by atomic mass is 79.9. The van der Waals surface area contributed by atoms with E-state index in [1.54, 1.807) is 12.1 Å². The molecule has 0 saturated heterocycles. The number of halogens is 2. The van der Waals surface area contributed by atoms with Gasteiger partial charge in [-0.25, -0.2) is 4.39 Å². The summed E-state index contributed by atoms with van der Waals surface area (Å²) in [7, 11) is 0. The maximum atomic E-state index is 13.1. The Morgan fingerprint density at radius 2 is 1.80 bits per heavy atom. The summed E-state index contributed by atoms with van der Waals surface area (Å²) in [6.45, 7) is 0. The van der Waals surface area contributed by atoms with Crippen molar-refractivity contribution >= 4 is 27.7 Å². The highest BCUT2D eigenvalue weighted by molar-refractivity contribution is 9.10. The van der Waals surface area contributed by atoms with E-state index in [0.29, 0.717) is 10.0 Å². The Morgan fingerprint density at radius 3 is 2.40 bits per heavy atom. The molecule has 0 fully saturated rings. The van der Waals surface area contributed by atoms with Crippen molar-refractivity contribution in [2.45, 2.75) is 0 Å². The van der Waals surface area contributed by atoms with E-state index in [2.05, 4.69) is 31.8 Å². The Bertz CT molecular complexity index is 629. The van der Waals surface area contributed by atoms with E-state index >= 15 is 0 Å². The smallest absolute Gasteiger partial charge is 0.267 e. The van der Waals surface area contributed by atoms with Crippen molar-refractivity contribution in [2.24, 2.45) is 0 Å². The van der Waals surface area contributed by atoms with Crippen molar-refractivity contribution in [3.63, 3.8) is 0 Å². The molecule has 0 aliphatic heterocycles. The molecule has 0 aliphatic carbocycles. The molecular weight excluding hydrogens is 329 g/mol. The van der Waals surface area contributed by atoms with Gasteiger partial charge in [-0.1, -0.05) is 15.9 Å². The molecule has 0 spiro atoms. The van der Waals surface area contributed by atoms with Crippen LogP contribution in [0.1, 0.15) is 20.7 Å². The number of aromatic nitrogens is 1. The summed E-state index contributed by atoms with van der Waals surface area (Å²) >= 11 is 3.08. The zero-order valence-corrected chi connectivity index (χ0v) is 11.6. The molecule has 2 N–H and O–H groups in total. The van der Waals surface area contributed by atoms with Gasteiger partial charge in [0.2, 0.25) is 0 Å². The molecule has 2 amide bonds. The highest BCUT2D eigenvalue weighted by Crippen LogP contribution is 2.14. The lowest BCUT2D eigenvalue weighted by atomic mass is 10.2. The molecule has 1 aromatic heterocycles. The summed E-state index contributed by atoms with van der Waals surface area (Å²) in [6, 6.07) is 6.88. The number of rotatable bonds is 2. The Kier molecular flexibility index (Phi) is 4.41. The molecule has 1 aromatic carbocycles. The standard InChI is InChI=1S/C13H9BrFN3O2/c14-10-4-9(5-11(15)6-10)13(20)18-17-12(19)8-2-1-3-16-7-8/h1-7H,(H,17,19)(H,18,20). The van der Waals surface area contributed by atoms with Gasteiger partial charge in [0.15, 0.2) is 0 Å². The topological polar surface area (TPSA) is 71.1 Å². The first-order valence-corrected chi connectivity index (χ1v) is 6.32. The number of hydrogen-bond acceptors (Lipinski definition) is 3. The molecule has 102 valence electrons. The molecular formula is C13H9BrFN3O2. The molecule has 2 rings (SSSR count). The van der Waals surface area contributed by atoms with Gasteiger partial charge in [-0.05, 0) is 30.3 Å². The number of hydrazine groups is 1. The number of benzene rings is 1. The first-order valence-electron chi connectivity index (χ1n) is 5.53. The highest BCUT2D eigenvalue weighted by Gasteiger charge is 2.10. The van der Waals surface area contributed by atoms with Gasteiger partial charge in [-0.2, -0.15) is 0 Å². The van der Waals surface area contributed by atoms with E-state index in [0.717, 1.165) is 6.07 Å². The van der Waals surface area contributed by atoms with Crippen molar-refractivity contribution in [3.05, 3.63) is 64.1 Å². The normalized spacial score (nSPS) is 9.90. The van der Waals surface area contributed by atoms with Crippen molar-refractivity contribution < 1.29 is 14.0 Å². The predicted molar refractivity (Wildman–Crippen MR) is 73.3 cm³/mol. The van der Waals surface area contributed by atoms with Crippen molar-refractivity contribution in [3.8, 4) is 0 Å². The van der Waals surface area contributed by atoms with Crippen LogP contribution in [0.2, 0.25) is 0 Å². The fourth-order valence-electron chi connectivity index (χ4n) is 1.44. The Hall–Kier alpha value is -2.28. The van der Waals surface area contributed by atoms with Crippen LogP contribution in [-0.2, 0) is 0 Å². The first-order chi connectivity index (χ1) is 9.56. The van der Waals surface area contributed by atoms with E-state index in [9.17, 15) is 14.0 Å². The summed E-state index contributed by atoms with van der Waals surface area (Å²) < 4.78 is 13.6. The summed E-state index contributed by atoms with van der Waals surface area (Å²) in [5.74, 6) is -1.69. The van der Waals surface area contributed by atoms with Gasteiger partial charge in [-0.15, -0.1) is 0 Å². The summed E-state index contributed by atoms with van der Waals surface area (Å²) in [6.07, 6.45) is 2.89. The second-order valence-electron chi connectivity index (χ2n) is 3.81. The first kappa shape index (κ1) is 14.1. The minimum absolute atomic E-state index is 0.0864. The number of nitrogens with one attached hydrogen (secondary N) is 2. The number of carbonyl (C=O) groups is 2. The van der Waals surface area contributed by atoms with Gasteiger partial charge in [0.1, 0.15) is 5.82 Å². The van der Waals surface area contributed by atoms with Crippen LogP contribution < -0.4 is 10.9 Å². The molecule has 1 heterocycles. The summed E-state index contributed by atoms with van der Waals surface area (Å²) in [5, 5.41) is 0. The van der Waals surface area contributed by atoms with Crippen molar-refractivity contribution in [1.82, 2.24) is 15.8 Å². The second-order valence-corrected chi connectivity index (χ2v) is 4.72. The molecule has 0 bridgehead atoms. The van der Waals surface area contributed by atoms with Gasteiger partial charge in [0.25, 0.3) is 11.8 Å². The van der Waals surface area contributed by atoms with E-state index in [1.165, 1.54) is 24.5 Å². The SMILES string of the molecule is O=C(NNC(=O)c1cc(F)cc(Br)c1)c1cccnc1. The van der Waals surface area contributed by atoms with Crippen molar-refractivity contribution in [2.75, 3.05) is 0 Å². The second kappa shape index (κ2) is 6.25. The zero-order chi connectivity index (χ0) is 14.5. The average Bonchev–Trinajstić information content (AvgIpc) is 2.44. The Labute approximate surface area is 122 Å². The van der Waals surface area contributed by atoms with Gasteiger partial charge in [-0.3, -0.25) is 25.4 Å². The van der Waals surface area contributed by atoms with Crippen LogP contribution in [-0.4, -0.2) is 16.8 Å². The van der Waals surface area contributed by atoms with Crippen LogP contribution in [0.5, 0.6) is 0 Å². The molecule has 0 saturated carbocycles. The third kappa shape index (κ3) is 3.61. The monoisotopic (exact) mass is 337 g/mol. The van der Waals surface area contributed by atoms with Gasteiger partial charge in [0.05, 0.1) is 5.56 Å². The van der Waals surface area contributed by atoms with Crippen LogP contribution in [0.3, 0.4) is 0 Å². The molecule has 0 unspecified atom stereocenters. The molecule has 20 heavy (non-hydrogen) atoms. The summed E-state index contributed by atoms with van der Waals surface area (Å²) in [5.41, 5.74) is 4.80. The van der Waals surface area contributed by atoms with Gasteiger partial charge in [0, 0.05) is 22.4 Å². The minimum atomic E-state index is -0.623. The lowest BCUT2D eigenvalue weighted by molar-refractivity contribution is 0.0846. The number of pyridine rings is 1. The lowest BCUT2D eigenvalue weighted by Crippen LogP contribution is -2.41. The fraction of sp³-hybridized carbons (Fsp3) is 0. The van der Waals surface area contributed by atoms with Crippen molar-refractivity contribution in [1.29, 1.82) is 0 Å². The van der Waals surface area contributed by atoms with E-state index in [1.807, 2.05) is 0 Å². The van der Waals surface area contributed by atoms with Crippen LogP contribution >= 0.6 is 15.9 Å². The van der Waals surface area contributed by atoms with Crippen LogP contribution in [0.25, 0.3) is 0 Å². The molecule has 5 nitrogen and oxygen atoms in total. The predicted octanol–water partition coefficient (Wildman–Crippen LogP) is 2.06. The Balaban J connectivity index is 2.00. The number of carbonyl (C=O) groups excluding carboxylic acids is 2. The number of nitrogens with zero attached hydrogens (tertiary/aromatic N) is 1. The largest absolute Gasteiger partial charge is 0.271 e. The molecule has 2 aromatic rings. The van der Waals surface area contributed by atoms with Crippen LogP contribution in [0.15, 0.2) is 47.2 Å². The summed E-state index contributed by atoms with van der Waals surface area (Å²) in [4.78, 5) is 27.2. The fourth-order valence-corrected chi connectivity index (χ4v) is 1.91. The van der Waals surface area contributed by atoms with Gasteiger partial charge < -0.3 is 0 Å². The average molecular weight is 338 g/mol.